The molecular formula is C20H24N2O5S. The Bertz CT molecular complexity index is 879. The van der Waals surface area contributed by atoms with Crippen LogP contribution in [0.25, 0.3) is 0 Å². The highest BCUT2D eigenvalue weighted by Gasteiger charge is 2.44. The lowest BCUT2D eigenvalue weighted by Gasteiger charge is -2.41. The molecule has 2 aliphatic heterocycles. The first kappa shape index (κ1) is 19.1. The van der Waals surface area contributed by atoms with Gasteiger partial charge in [-0.05, 0) is 25.0 Å². The zero-order valence-electron chi connectivity index (χ0n) is 15.7. The summed E-state index contributed by atoms with van der Waals surface area (Å²) >= 11 is 0. The zero-order valence-corrected chi connectivity index (χ0v) is 16.5. The lowest BCUT2D eigenvalue weighted by Crippen LogP contribution is -2.59. The third kappa shape index (κ3) is 3.23. The molecule has 0 aromatic heterocycles. The van der Waals surface area contributed by atoms with Gasteiger partial charge in [0.25, 0.3) is 11.8 Å². The number of hydrogen-bond donors (Lipinski definition) is 0. The molecule has 0 spiro atoms. The van der Waals surface area contributed by atoms with Crippen LogP contribution in [0.4, 0.5) is 0 Å². The first-order valence-electron chi connectivity index (χ1n) is 9.85. The molecule has 0 atom stereocenters. The Morgan fingerprint density at radius 2 is 1.50 bits per heavy atom. The molecule has 1 aromatic carbocycles. The van der Waals surface area contributed by atoms with Crippen LogP contribution < -0.4 is 0 Å². The van der Waals surface area contributed by atoms with Crippen LogP contribution in [0.15, 0.2) is 24.3 Å². The molecule has 1 saturated heterocycles. The average Bonchev–Trinajstić information content (AvgIpc) is 2.90. The predicted molar refractivity (Wildman–Crippen MR) is 103 cm³/mol. The Labute approximate surface area is 164 Å². The molecule has 0 unspecified atom stereocenters. The normalized spacial score (nSPS) is 21.0. The second-order valence-corrected chi connectivity index (χ2v) is 10.3. The van der Waals surface area contributed by atoms with E-state index >= 15 is 0 Å². The van der Waals surface area contributed by atoms with Crippen molar-refractivity contribution in [1.29, 1.82) is 0 Å². The highest BCUT2D eigenvalue weighted by molar-refractivity contribution is 7.92. The Hall–Kier alpha value is -2.22. The van der Waals surface area contributed by atoms with Crippen LogP contribution in [0.2, 0.25) is 0 Å². The number of sulfone groups is 1. The smallest absolute Gasteiger partial charge is 0.261 e. The zero-order chi connectivity index (χ0) is 19.9. The lowest BCUT2D eigenvalue weighted by molar-refractivity contribution is -0.134. The Balaban J connectivity index is 1.29. The molecule has 7 nitrogen and oxygen atoms in total. The van der Waals surface area contributed by atoms with Crippen LogP contribution in [0, 0.1) is 0 Å². The summed E-state index contributed by atoms with van der Waals surface area (Å²) in [5.74, 6) is -0.976. The number of hydrogen-bond acceptors (Lipinski definition) is 5. The van der Waals surface area contributed by atoms with Crippen molar-refractivity contribution < 1.29 is 22.8 Å². The van der Waals surface area contributed by atoms with Gasteiger partial charge in [-0.2, -0.15) is 0 Å². The number of nitrogens with zero attached hydrogens (tertiary/aromatic N) is 2. The predicted octanol–water partition coefficient (Wildman–Crippen LogP) is 1.63. The molecule has 1 aliphatic carbocycles. The van der Waals surface area contributed by atoms with Crippen molar-refractivity contribution in [2.24, 2.45) is 0 Å². The maximum Gasteiger partial charge on any atom is 0.261 e. The molecule has 8 heteroatoms. The van der Waals surface area contributed by atoms with E-state index in [-0.39, 0.29) is 49.0 Å². The largest absolute Gasteiger partial charge is 0.340 e. The molecule has 1 saturated carbocycles. The summed E-state index contributed by atoms with van der Waals surface area (Å²) in [6, 6.07) is 6.61. The van der Waals surface area contributed by atoms with Crippen molar-refractivity contribution in [3.05, 3.63) is 35.4 Å². The average molecular weight is 404 g/mol. The number of likely N-dealkylation sites (tertiary alicyclic amines) is 1. The van der Waals surface area contributed by atoms with Crippen LogP contribution in [0.3, 0.4) is 0 Å². The topological polar surface area (TPSA) is 91.8 Å². The first-order chi connectivity index (χ1) is 13.4. The standard InChI is InChI=1S/C20H24N2O5S/c23-18(10-11-22-19(24)16-8-4-5-9-17(16)20(22)25)21-12-15(13-21)28(26,27)14-6-2-1-3-7-14/h4-5,8-9,14-15H,1-3,6-7,10-13H2. The van der Waals surface area contributed by atoms with Crippen molar-refractivity contribution in [2.75, 3.05) is 19.6 Å². The molecule has 2 heterocycles. The highest BCUT2D eigenvalue weighted by Crippen LogP contribution is 2.30. The quantitative estimate of drug-likeness (QED) is 0.696. The fourth-order valence-corrected chi connectivity index (χ4v) is 6.63. The molecular weight excluding hydrogens is 380 g/mol. The van der Waals surface area contributed by atoms with Crippen molar-refractivity contribution >= 4 is 27.6 Å². The minimum atomic E-state index is -3.19. The van der Waals surface area contributed by atoms with E-state index in [1.807, 2.05) is 0 Å². The Morgan fingerprint density at radius 3 is 2.07 bits per heavy atom. The second-order valence-electron chi connectivity index (χ2n) is 7.83. The van der Waals surface area contributed by atoms with Gasteiger partial charge in [-0.25, -0.2) is 8.42 Å². The fourth-order valence-electron chi connectivity index (χ4n) is 4.32. The van der Waals surface area contributed by atoms with Crippen molar-refractivity contribution in [1.82, 2.24) is 9.80 Å². The van der Waals surface area contributed by atoms with Gasteiger partial charge in [0.2, 0.25) is 5.91 Å². The number of fused-ring (bicyclic) bond motifs is 1. The number of imide groups is 1. The van der Waals surface area contributed by atoms with Gasteiger partial charge in [-0.1, -0.05) is 31.4 Å². The fraction of sp³-hybridized carbons (Fsp3) is 0.550. The number of carbonyl (C=O) groups is 3. The van der Waals surface area contributed by atoms with Gasteiger partial charge in [-0.3, -0.25) is 19.3 Å². The summed E-state index contributed by atoms with van der Waals surface area (Å²) in [4.78, 5) is 39.7. The van der Waals surface area contributed by atoms with Gasteiger partial charge in [0.1, 0.15) is 0 Å². The van der Waals surface area contributed by atoms with Crippen molar-refractivity contribution in [3.63, 3.8) is 0 Å². The van der Waals surface area contributed by atoms with E-state index in [1.54, 1.807) is 24.3 Å². The molecule has 0 N–H and O–H groups in total. The third-order valence-corrected chi connectivity index (χ3v) is 8.74. The summed E-state index contributed by atoms with van der Waals surface area (Å²) in [5.41, 5.74) is 0.727. The van der Waals surface area contributed by atoms with Crippen LogP contribution in [0.1, 0.15) is 59.2 Å². The van der Waals surface area contributed by atoms with Gasteiger partial charge in [0.15, 0.2) is 9.84 Å². The van der Waals surface area contributed by atoms with Crippen LogP contribution in [-0.4, -0.2) is 66.1 Å². The van der Waals surface area contributed by atoms with Gasteiger partial charge >= 0.3 is 0 Å². The molecule has 3 aliphatic rings. The van der Waals surface area contributed by atoms with Gasteiger partial charge in [-0.15, -0.1) is 0 Å². The maximum atomic E-state index is 12.7. The van der Waals surface area contributed by atoms with Crippen LogP contribution in [0.5, 0.6) is 0 Å². The van der Waals surface area contributed by atoms with Crippen molar-refractivity contribution in [2.45, 2.75) is 49.0 Å². The first-order valence-corrected chi connectivity index (χ1v) is 11.5. The summed E-state index contributed by atoms with van der Waals surface area (Å²) < 4.78 is 25.4. The molecule has 0 radical (unpaired) electrons. The Morgan fingerprint density at radius 1 is 0.929 bits per heavy atom. The third-order valence-electron chi connectivity index (χ3n) is 6.11. The number of amides is 3. The van der Waals surface area contributed by atoms with Gasteiger partial charge in [0, 0.05) is 26.1 Å². The van der Waals surface area contributed by atoms with E-state index in [9.17, 15) is 22.8 Å². The molecule has 28 heavy (non-hydrogen) atoms. The summed E-state index contributed by atoms with van der Waals surface area (Å²) in [7, 11) is -3.19. The summed E-state index contributed by atoms with van der Waals surface area (Å²) in [5, 5.41) is -0.735. The second kappa shape index (κ2) is 7.31. The van der Waals surface area contributed by atoms with Gasteiger partial charge in [0.05, 0.1) is 21.6 Å². The van der Waals surface area contributed by atoms with E-state index < -0.39 is 15.1 Å². The van der Waals surface area contributed by atoms with Gasteiger partial charge < -0.3 is 4.90 Å². The monoisotopic (exact) mass is 404 g/mol. The molecule has 4 rings (SSSR count). The minimum absolute atomic E-state index is 0.0155. The minimum Gasteiger partial charge on any atom is -0.340 e. The molecule has 0 bridgehead atoms. The van der Waals surface area contributed by atoms with Crippen molar-refractivity contribution in [3.8, 4) is 0 Å². The van der Waals surface area contributed by atoms with Crippen LogP contribution in [-0.2, 0) is 14.6 Å². The van der Waals surface area contributed by atoms with E-state index in [0.717, 1.165) is 37.0 Å². The van der Waals surface area contributed by atoms with E-state index in [0.29, 0.717) is 11.1 Å². The van der Waals surface area contributed by atoms with E-state index in [4.69, 9.17) is 0 Å². The lowest BCUT2D eigenvalue weighted by atomic mass is 10.0. The number of carbonyl (C=O) groups excluding carboxylic acids is 3. The SMILES string of the molecule is O=C(CCN1C(=O)c2ccccc2C1=O)N1CC(S(=O)(=O)C2CCCCC2)C1. The van der Waals surface area contributed by atoms with E-state index in [2.05, 4.69) is 0 Å². The molecule has 2 fully saturated rings. The van der Waals surface area contributed by atoms with Crippen LogP contribution >= 0.6 is 0 Å². The number of rotatable bonds is 5. The highest BCUT2D eigenvalue weighted by atomic mass is 32.2. The number of benzene rings is 1. The summed E-state index contributed by atoms with van der Waals surface area (Å²) in [6.07, 6.45) is 4.49. The molecule has 150 valence electrons. The summed E-state index contributed by atoms with van der Waals surface area (Å²) in [6.45, 7) is 0.460. The van der Waals surface area contributed by atoms with E-state index in [1.165, 1.54) is 4.90 Å². The molecule has 1 aromatic rings. The molecule has 3 amide bonds. The Kier molecular flexibility index (Phi) is 4.99. The maximum absolute atomic E-state index is 12.7.